The van der Waals surface area contributed by atoms with Gasteiger partial charge in [0.15, 0.2) is 0 Å². The summed E-state index contributed by atoms with van der Waals surface area (Å²) in [6, 6.07) is 8.73. The fraction of sp³-hybridized carbons (Fsp3) is 0.647. The van der Waals surface area contributed by atoms with Gasteiger partial charge in [-0.1, -0.05) is 43.5 Å². The molecule has 1 aromatic carbocycles. The monoisotopic (exact) mass is 279 g/mol. The Labute approximate surface area is 122 Å². The summed E-state index contributed by atoms with van der Waals surface area (Å²) in [5.41, 5.74) is 1.32. The van der Waals surface area contributed by atoms with Gasteiger partial charge in [0.1, 0.15) is 0 Å². The summed E-state index contributed by atoms with van der Waals surface area (Å²) < 4.78 is 0. The van der Waals surface area contributed by atoms with E-state index in [2.05, 4.69) is 31.3 Å². The van der Waals surface area contributed by atoms with Crippen molar-refractivity contribution in [2.24, 2.45) is 11.8 Å². The van der Waals surface area contributed by atoms with Crippen molar-refractivity contribution in [3.63, 3.8) is 0 Å². The summed E-state index contributed by atoms with van der Waals surface area (Å²) in [4.78, 5) is 0. The van der Waals surface area contributed by atoms with Crippen LogP contribution in [0.15, 0.2) is 24.3 Å². The lowest BCUT2D eigenvalue weighted by Crippen LogP contribution is -2.34. The minimum absolute atomic E-state index is 0.526. The van der Waals surface area contributed by atoms with E-state index < -0.39 is 0 Å². The molecule has 1 aromatic rings. The molecule has 0 radical (unpaired) electrons. The molecule has 1 aliphatic rings. The van der Waals surface area contributed by atoms with E-state index in [0.717, 1.165) is 23.3 Å². The second-order valence-electron chi connectivity index (χ2n) is 6.27. The Kier molecular flexibility index (Phi) is 5.72. The van der Waals surface area contributed by atoms with E-state index in [0.29, 0.717) is 6.04 Å². The zero-order chi connectivity index (χ0) is 13.7. The van der Waals surface area contributed by atoms with Crippen molar-refractivity contribution in [1.29, 1.82) is 0 Å². The quantitative estimate of drug-likeness (QED) is 0.825. The molecule has 0 aromatic heterocycles. The molecule has 106 valence electrons. The van der Waals surface area contributed by atoms with Gasteiger partial charge < -0.3 is 5.32 Å². The van der Waals surface area contributed by atoms with Crippen LogP contribution in [0.5, 0.6) is 0 Å². The Morgan fingerprint density at radius 3 is 2.68 bits per heavy atom. The summed E-state index contributed by atoms with van der Waals surface area (Å²) in [6.07, 6.45) is 6.68. The number of hydrogen-bond donors (Lipinski definition) is 1. The molecule has 1 aliphatic carbocycles. The van der Waals surface area contributed by atoms with Gasteiger partial charge in [0.2, 0.25) is 0 Å². The predicted octanol–water partition coefficient (Wildman–Crippen LogP) is 4.69. The molecular weight excluding hydrogens is 254 g/mol. The molecule has 1 N–H and O–H groups in total. The van der Waals surface area contributed by atoms with Crippen molar-refractivity contribution in [2.75, 3.05) is 6.54 Å². The molecule has 0 heterocycles. The highest BCUT2D eigenvalue weighted by atomic mass is 35.5. The van der Waals surface area contributed by atoms with Crippen LogP contribution in [-0.2, 0) is 6.42 Å². The minimum atomic E-state index is 0.526. The van der Waals surface area contributed by atoms with Crippen LogP contribution in [0.25, 0.3) is 0 Å². The molecule has 2 rings (SSSR count). The molecule has 19 heavy (non-hydrogen) atoms. The molecule has 0 bridgehead atoms. The van der Waals surface area contributed by atoms with Crippen molar-refractivity contribution in [1.82, 2.24) is 5.32 Å². The fourth-order valence-corrected chi connectivity index (χ4v) is 3.20. The van der Waals surface area contributed by atoms with E-state index in [1.165, 1.54) is 37.8 Å². The van der Waals surface area contributed by atoms with Crippen LogP contribution in [0.2, 0.25) is 5.02 Å². The van der Waals surface area contributed by atoms with Gasteiger partial charge in [-0.3, -0.25) is 0 Å². The van der Waals surface area contributed by atoms with Gasteiger partial charge in [-0.05, 0) is 62.3 Å². The molecule has 1 unspecified atom stereocenters. The third-order valence-corrected chi connectivity index (χ3v) is 4.56. The van der Waals surface area contributed by atoms with Gasteiger partial charge in [0.25, 0.3) is 0 Å². The summed E-state index contributed by atoms with van der Waals surface area (Å²) in [5, 5.41) is 4.53. The molecular formula is C17H26ClN. The Morgan fingerprint density at radius 2 is 2.00 bits per heavy atom. The number of nitrogens with one attached hydrogen (secondary N) is 1. The number of hydrogen-bond acceptors (Lipinski definition) is 1. The fourth-order valence-electron chi connectivity index (χ4n) is 2.99. The number of rotatable bonds is 5. The van der Waals surface area contributed by atoms with Crippen molar-refractivity contribution < 1.29 is 0 Å². The first-order valence-electron chi connectivity index (χ1n) is 7.61. The molecule has 1 saturated carbocycles. The molecule has 0 saturated heterocycles. The van der Waals surface area contributed by atoms with Crippen LogP contribution in [-0.4, -0.2) is 12.6 Å². The summed E-state index contributed by atoms with van der Waals surface area (Å²) >= 11 is 6.02. The van der Waals surface area contributed by atoms with Crippen LogP contribution in [0, 0.1) is 11.8 Å². The first-order valence-corrected chi connectivity index (χ1v) is 7.99. The van der Waals surface area contributed by atoms with E-state index in [1.54, 1.807) is 0 Å². The zero-order valence-corrected chi connectivity index (χ0v) is 12.9. The lowest BCUT2D eigenvalue weighted by atomic mass is 9.83. The van der Waals surface area contributed by atoms with Crippen LogP contribution in [0.4, 0.5) is 0 Å². The standard InChI is InChI=1S/C17H26ClN/c1-13-6-8-15(9-7-13)12-19-14(2)10-16-4-3-5-17(18)11-16/h3-5,11,13-15,19H,6-10,12H2,1-2H3. The van der Waals surface area contributed by atoms with E-state index in [4.69, 9.17) is 11.6 Å². The van der Waals surface area contributed by atoms with Gasteiger partial charge in [-0.15, -0.1) is 0 Å². The lowest BCUT2D eigenvalue weighted by Gasteiger charge is -2.27. The highest BCUT2D eigenvalue weighted by Crippen LogP contribution is 2.27. The summed E-state index contributed by atoms with van der Waals surface area (Å²) in [5.74, 6) is 1.83. The lowest BCUT2D eigenvalue weighted by molar-refractivity contribution is 0.275. The van der Waals surface area contributed by atoms with Gasteiger partial charge in [-0.2, -0.15) is 0 Å². The molecule has 1 nitrogen and oxygen atoms in total. The average Bonchev–Trinajstić information content (AvgIpc) is 2.38. The maximum Gasteiger partial charge on any atom is 0.0408 e. The third-order valence-electron chi connectivity index (χ3n) is 4.32. The van der Waals surface area contributed by atoms with Crippen LogP contribution in [0.1, 0.15) is 45.1 Å². The third kappa shape index (κ3) is 5.16. The van der Waals surface area contributed by atoms with Crippen molar-refractivity contribution in [3.8, 4) is 0 Å². The molecule has 1 atom stereocenters. The van der Waals surface area contributed by atoms with Crippen LogP contribution < -0.4 is 5.32 Å². The first-order chi connectivity index (χ1) is 9.13. The van der Waals surface area contributed by atoms with Gasteiger partial charge in [-0.25, -0.2) is 0 Å². The van der Waals surface area contributed by atoms with E-state index >= 15 is 0 Å². The maximum absolute atomic E-state index is 6.02. The van der Waals surface area contributed by atoms with Gasteiger partial charge in [0.05, 0.1) is 0 Å². The van der Waals surface area contributed by atoms with E-state index in [1.807, 2.05) is 12.1 Å². The summed E-state index contributed by atoms with van der Waals surface area (Å²) in [6.45, 7) is 5.83. The molecule has 0 aliphatic heterocycles. The summed E-state index contributed by atoms with van der Waals surface area (Å²) in [7, 11) is 0. The van der Waals surface area contributed by atoms with Crippen LogP contribution in [0.3, 0.4) is 0 Å². The van der Waals surface area contributed by atoms with Crippen molar-refractivity contribution >= 4 is 11.6 Å². The largest absolute Gasteiger partial charge is 0.314 e. The average molecular weight is 280 g/mol. The first kappa shape index (κ1) is 14.9. The Balaban J connectivity index is 1.71. The Hall–Kier alpha value is -0.530. The Bertz CT molecular complexity index is 383. The van der Waals surface area contributed by atoms with Gasteiger partial charge >= 0.3 is 0 Å². The number of halogens is 1. The van der Waals surface area contributed by atoms with Gasteiger partial charge in [0, 0.05) is 11.1 Å². The van der Waals surface area contributed by atoms with Crippen LogP contribution >= 0.6 is 11.6 Å². The molecule has 2 heteroatoms. The van der Waals surface area contributed by atoms with E-state index in [-0.39, 0.29) is 0 Å². The topological polar surface area (TPSA) is 12.0 Å². The second-order valence-corrected chi connectivity index (χ2v) is 6.71. The molecule has 0 spiro atoms. The number of benzene rings is 1. The zero-order valence-electron chi connectivity index (χ0n) is 12.2. The van der Waals surface area contributed by atoms with E-state index in [9.17, 15) is 0 Å². The molecule has 1 fully saturated rings. The smallest absolute Gasteiger partial charge is 0.0408 e. The molecule has 0 amide bonds. The second kappa shape index (κ2) is 7.31. The van der Waals surface area contributed by atoms with Crippen molar-refractivity contribution in [2.45, 2.75) is 52.0 Å². The maximum atomic E-state index is 6.02. The normalized spacial score (nSPS) is 25.2. The highest BCUT2D eigenvalue weighted by molar-refractivity contribution is 6.30. The highest BCUT2D eigenvalue weighted by Gasteiger charge is 2.18. The Morgan fingerprint density at radius 1 is 1.26 bits per heavy atom. The predicted molar refractivity (Wildman–Crippen MR) is 83.7 cm³/mol. The van der Waals surface area contributed by atoms with Crippen molar-refractivity contribution in [3.05, 3.63) is 34.9 Å². The SMILES string of the molecule is CC1CCC(CNC(C)Cc2cccc(Cl)c2)CC1. The minimum Gasteiger partial charge on any atom is -0.314 e.